The zero-order valence-electron chi connectivity index (χ0n) is 7.74. The first kappa shape index (κ1) is 13.2. The molecule has 0 atom stereocenters. The summed E-state index contributed by atoms with van der Waals surface area (Å²) in [5.41, 5.74) is 0. The second kappa shape index (κ2) is 5.20. The second-order valence-corrected chi connectivity index (χ2v) is 4.21. The monoisotopic (exact) mass is 231 g/mol. The fourth-order valence-corrected chi connectivity index (χ4v) is 1.57. The van der Waals surface area contributed by atoms with Crippen molar-refractivity contribution >= 4 is 16.0 Å². The normalized spacial score (nSPS) is 12.1. The summed E-state index contributed by atoms with van der Waals surface area (Å²) in [7, 11) is -3.65. The molecule has 0 unspecified atom stereocenters. The average molecular weight is 231 g/mol. The van der Waals surface area contributed by atoms with Gasteiger partial charge in [0.05, 0.1) is 7.11 Å². The highest BCUT2D eigenvalue weighted by Crippen LogP contribution is 2.11. The maximum atomic E-state index is 12.0. The Labute approximate surface area is 80.7 Å². The number of halogens is 2. The number of rotatable bonds is 5. The first-order valence-electron chi connectivity index (χ1n) is 3.70. The number of methoxy groups -OCH3 is 1. The van der Waals surface area contributed by atoms with E-state index >= 15 is 0 Å². The van der Waals surface area contributed by atoms with Crippen molar-refractivity contribution in [2.75, 3.05) is 20.2 Å². The van der Waals surface area contributed by atoms with E-state index in [2.05, 4.69) is 4.74 Å². The van der Waals surface area contributed by atoms with Crippen LogP contribution in [0.2, 0.25) is 0 Å². The van der Waals surface area contributed by atoms with Crippen molar-refractivity contribution in [2.24, 2.45) is 0 Å². The van der Waals surface area contributed by atoms with E-state index in [0.717, 1.165) is 7.11 Å². The lowest BCUT2D eigenvalue weighted by Gasteiger charge is -2.17. The Morgan fingerprint density at radius 3 is 2.29 bits per heavy atom. The Bertz CT molecular complexity index is 290. The molecule has 5 nitrogen and oxygen atoms in total. The molecule has 0 aliphatic rings. The molecule has 0 aliphatic carbocycles. The van der Waals surface area contributed by atoms with Crippen molar-refractivity contribution in [1.29, 1.82) is 0 Å². The number of nitrogens with zero attached hydrogens (tertiary/aromatic N) is 1. The highest BCUT2D eigenvalue weighted by atomic mass is 32.2. The van der Waals surface area contributed by atoms with Gasteiger partial charge in [0, 0.05) is 6.54 Å². The third-order valence-electron chi connectivity index (χ3n) is 1.47. The molecule has 0 saturated heterocycles. The van der Waals surface area contributed by atoms with E-state index in [1.807, 2.05) is 0 Å². The van der Waals surface area contributed by atoms with Crippen molar-refractivity contribution in [3.63, 3.8) is 0 Å². The molecule has 14 heavy (non-hydrogen) atoms. The fraction of sp³-hybridized carbons (Fsp3) is 0.833. The standard InChI is InChI=1S/C6H11F2NO4S/c1-3-9(4-5(10)13-2)14(11,12)6(7)8/h6H,3-4H2,1-2H3. The van der Waals surface area contributed by atoms with Crippen molar-refractivity contribution in [1.82, 2.24) is 4.31 Å². The molecule has 0 aliphatic heterocycles. The van der Waals surface area contributed by atoms with Gasteiger partial charge in [-0.1, -0.05) is 6.92 Å². The van der Waals surface area contributed by atoms with Crippen molar-refractivity contribution in [3.05, 3.63) is 0 Å². The molecule has 0 saturated carbocycles. The second-order valence-electron chi connectivity index (χ2n) is 2.31. The SMILES string of the molecule is CCN(CC(=O)OC)S(=O)(=O)C(F)F. The molecule has 0 aromatic heterocycles. The summed E-state index contributed by atoms with van der Waals surface area (Å²) in [5.74, 6) is -4.40. The molecule has 0 bridgehead atoms. The smallest absolute Gasteiger partial charge is 0.350 e. The first-order chi connectivity index (χ1) is 6.36. The summed E-state index contributed by atoms with van der Waals surface area (Å²) in [6, 6.07) is 0. The van der Waals surface area contributed by atoms with Crippen LogP contribution in [-0.4, -0.2) is 44.6 Å². The van der Waals surface area contributed by atoms with Crippen LogP contribution in [-0.2, 0) is 19.6 Å². The molecule has 0 spiro atoms. The van der Waals surface area contributed by atoms with Gasteiger partial charge in [-0.25, -0.2) is 8.42 Å². The topological polar surface area (TPSA) is 63.7 Å². The molecule has 0 heterocycles. The third kappa shape index (κ3) is 3.18. The summed E-state index contributed by atoms with van der Waals surface area (Å²) in [4.78, 5) is 10.7. The zero-order valence-corrected chi connectivity index (χ0v) is 8.55. The summed E-state index contributed by atoms with van der Waals surface area (Å²) >= 11 is 0. The van der Waals surface area contributed by atoms with Gasteiger partial charge < -0.3 is 4.74 Å². The zero-order chi connectivity index (χ0) is 11.4. The number of sulfonamides is 1. The van der Waals surface area contributed by atoms with Gasteiger partial charge in [0.25, 0.3) is 10.0 Å². The minimum Gasteiger partial charge on any atom is -0.468 e. The molecule has 0 aromatic rings. The summed E-state index contributed by atoms with van der Waals surface area (Å²) in [6.07, 6.45) is 0. The molecule has 0 radical (unpaired) electrons. The van der Waals surface area contributed by atoms with Gasteiger partial charge in [-0.05, 0) is 0 Å². The Kier molecular flexibility index (Phi) is 4.92. The summed E-state index contributed by atoms with van der Waals surface area (Å²) < 4.78 is 50.3. The van der Waals surface area contributed by atoms with Crippen LogP contribution in [0.25, 0.3) is 0 Å². The minimum absolute atomic E-state index is 0.207. The molecule has 0 fully saturated rings. The molecule has 0 rings (SSSR count). The highest BCUT2D eigenvalue weighted by Gasteiger charge is 2.32. The maximum absolute atomic E-state index is 12.0. The number of alkyl halides is 2. The molecule has 0 amide bonds. The summed E-state index contributed by atoms with van der Waals surface area (Å²) in [5, 5.41) is 0. The Balaban J connectivity index is 4.66. The van der Waals surface area contributed by atoms with E-state index in [-0.39, 0.29) is 6.54 Å². The largest absolute Gasteiger partial charge is 0.468 e. The quantitative estimate of drug-likeness (QED) is 0.626. The highest BCUT2D eigenvalue weighted by molar-refractivity contribution is 7.89. The average Bonchev–Trinajstić information content (AvgIpc) is 2.12. The maximum Gasteiger partial charge on any atom is 0.350 e. The minimum atomic E-state index is -4.70. The van der Waals surface area contributed by atoms with E-state index in [4.69, 9.17) is 0 Å². The van der Waals surface area contributed by atoms with Crippen molar-refractivity contribution < 1.29 is 26.7 Å². The molecule has 0 aromatic carbocycles. The van der Waals surface area contributed by atoms with Crippen LogP contribution in [0.1, 0.15) is 6.92 Å². The fourth-order valence-electron chi connectivity index (χ4n) is 0.703. The van der Waals surface area contributed by atoms with Gasteiger partial charge in [0.2, 0.25) is 0 Å². The van der Waals surface area contributed by atoms with Crippen LogP contribution >= 0.6 is 0 Å². The van der Waals surface area contributed by atoms with E-state index < -0.39 is 28.3 Å². The van der Waals surface area contributed by atoms with Gasteiger partial charge >= 0.3 is 11.7 Å². The van der Waals surface area contributed by atoms with E-state index in [9.17, 15) is 22.0 Å². The number of carbonyl (C=O) groups excluding carboxylic acids is 1. The number of likely N-dealkylation sites (N-methyl/N-ethyl adjacent to an activating group) is 1. The Hall–Kier alpha value is -0.760. The van der Waals surface area contributed by atoms with Crippen LogP contribution in [0.15, 0.2) is 0 Å². The molecule has 84 valence electrons. The molecular weight excluding hydrogens is 220 g/mol. The lowest BCUT2D eigenvalue weighted by Crippen LogP contribution is -2.39. The lowest BCUT2D eigenvalue weighted by atomic mass is 10.6. The number of hydrogen-bond donors (Lipinski definition) is 0. The number of hydrogen-bond acceptors (Lipinski definition) is 4. The molecular formula is C6H11F2NO4S. The first-order valence-corrected chi connectivity index (χ1v) is 5.20. The lowest BCUT2D eigenvalue weighted by molar-refractivity contribution is -0.140. The molecule has 8 heteroatoms. The predicted octanol–water partition coefficient (Wildman–Crippen LogP) is 0.0337. The Morgan fingerprint density at radius 1 is 1.50 bits per heavy atom. The third-order valence-corrected chi connectivity index (χ3v) is 3.03. The van der Waals surface area contributed by atoms with E-state index in [0.29, 0.717) is 4.31 Å². The van der Waals surface area contributed by atoms with E-state index in [1.54, 1.807) is 0 Å². The van der Waals surface area contributed by atoms with Gasteiger partial charge in [-0.2, -0.15) is 13.1 Å². The van der Waals surface area contributed by atoms with Gasteiger partial charge in [-0.3, -0.25) is 4.79 Å². The molecule has 0 N–H and O–H groups in total. The van der Waals surface area contributed by atoms with E-state index in [1.165, 1.54) is 6.92 Å². The number of esters is 1. The van der Waals surface area contributed by atoms with Crippen LogP contribution < -0.4 is 0 Å². The predicted molar refractivity (Wildman–Crippen MR) is 44.2 cm³/mol. The van der Waals surface area contributed by atoms with Gasteiger partial charge in [-0.15, -0.1) is 0 Å². The van der Waals surface area contributed by atoms with Crippen molar-refractivity contribution in [2.45, 2.75) is 12.7 Å². The van der Waals surface area contributed by atoms with Crippen molar-refractivity contribution in [3.8, 4) is 0 Å². The van der Waals surface area contributed by atoms with Gasteiger partial charge in [0.15, 0.2) is 0 Å². The van der Waals surface area contributed by atoms with Crippen LogP contribution in [0.4, 0.5) is 8.78 Å². The number of ether oxygens (including phenoxy) is 1. The van der Waals surface area contributed by atoms with Gasteiger partial charge in [0.1, 0.15) is 6.54 Å². The van der Waals surface area contributed by atoms with Crippen LogP contribution in [0.3, 0.4) is 0 Å². The number of carbonyl (C=O) groups is 1. The Morgan fingerprint density at radius 2 is 2.00 bits per heavy atom. The van der Waals surface area contributed by atoms with Crippen LogP contribution in [0, 0.1) is 0 Å². The van der Waals surface area contributed by atoms with Crippen LogP contribution in [0.5, 0.6) is 0 Å². The summed E-state index contributed by atoms with van der Waals surface area (Å²) in [6.45, 7) is 0.449.